The molecule has 1 aliphatic rings. The number of hydrogen-bond donors (Lipinski definition) is 1. The quantitative estimate of drug-likeness (QED) is 0.751. The number of para-hydroxylation sites is 1. The van der Waals surface area contributed by atoms with Gasteiger partial charge in [0.1, 0.15) is 0 Å². The molecular formula is C18H17F2NO3S2. The molecule has 0 radical (unpaired) electrons. The fourth-order valence-corrected chi connectivity index (χ4v) is 4.53. The van der Waals surface area contributed by atoms with Crippen molar-refractivity contribution in [3.63, 3.8) is 0 Å². The van der Waals surface area contributed by atoms with Crippen molar-refractivity contribution in [2.24, 2.45) is 0 Å². The zero-order valence-corrected chi connectivity index (χ0v) is 15.4. The van der Waals surface area contributed by atoms with Crippen molar-refractivity contribution >= 4 is 33.2 Å². The molecular weight excluding hydrogens is 380 g/mol. The summed E-state index contributed by atoms with van der Waals surface area (Å²) in [6, 6.07) is 11.3. The van der Waals surface area contributed by atoms with Crippen LogP contribution in [-0.2, 0) is 27.5 Å². The second kappa shape index (κ2) is 7.75. The Hall–Kier alpha value is -1.93. The fraction of sp³-hybridized carbons (Fsp3) is 0.278. The van der Waals surface area contributed by atoms with E-state index in [2.05, 4.69) is 17.4 Å². The summed E-state index contributed by atoms with van der Waals surface area (Å²) in [5.41, 5.74) is 2.50. The standard InChI is InChI=1S/C18H17F2NO3S2/c19-18(20)26(23,24)16-7-2-1-6-15(16)21-17(22)11-25-14-9-8-12-4-3-5-13(12)10-14/h1-2,6-10,18H,3-5,11H2,(H,21,22). The Morgan fingerprint density at radius 3 is 2.62 bits per heavy atom. The minimum absolute atomic E-state index is 0.0574. The number of carbonyl (C=O) groups excluding carboxylic acids is 1. The number of hydrogen-bond acceptors (Lipinski definition) is 4. The summed E-state index contributed by atoms with van der Waals surface area (Å²) in [5.74, 6) is -3.93. The van der Waals surface area contributed by atoms with E-state index in [-0.39, 0.29) is 11.4 Å². The van der Waals surface area contributed by atoms with Crippen molar-refractivity contribution in [1.82, 2.24) is 0 Å². The van der Waals surface area contributed by atoms with E-state index in [0.29, 0.717) is 0 Å². The van der Waals surface area contributed by atoms with Crippen molar-refractivity contribution in [3.05, 3.63) is 53.6 Å². The summed E-state index contributed by atoms with van der Waals surface area (Å²) >= 11 is 1.32. The molecule has 0 aliphatic heterocycles. The van der Waals surface area contributed by atoms with E-state index < -0.39 is 26.4 Å². The maximum Gasteiger partial charge on any atom is 0.341 e. The number of benzene rings is 2. The summed E-state index contributed by atoms with van der Waals surface area (Å²) in [7, 11) is -4.78. The van der Waals surface area contributed by atoms with Crippen LogP contribution in [0.15, 0.2) is 52.3 Å². The van der Waals surface area contributed by atoms with Crippen LogP contribution in [0.2, 0.25) is 0 Å². The lowest BCUT2D eigenvalue weighted by Crippen LogP contribution is -2.19. The molecule has 138 valence electrons. The van der Waals surface area contributed by atoms with Gasteiger partial charge in [0, 0.05) is 4.90 Å². The topological polar surface area (TPSA) is 63.2 Å². The van der Waals surface area contributed by atoms with E-state index in [1.54, 1.807) is 0 Å². The second-order valence-corrected chi connectivity index (χ2v) is 8.86. The molecule has 0 saturated carbocycles. The van der Waals surface area contributed by atoms with Crippen LogP contribution < -0.4 is 5.32 Å². The molecule has 0 heterocycles. The molecule has 0 saturated heterocycles. The summed E-state index contributed by atoms with van der Waals surface area (Å²) < 4.78 is 49.0. The van der Waals surface area contributed by atoms with Gasteiger partial charge in [-0.2, -0.15) is 8.78 Å². The number of thioether (sulfide) groups is 1. The third-order valence-corrected chi connectivity index (χ3v) is 6.57. The first-order chi connectivity index (χ1) is 12.4. The molecule has 0 unspecified atom stereocenters. The predicted octanol–water partition coefficient (Wildman–Crippen LogP) is 3.90. The van der Waals surface area contributed by atoms with Crippen LogP contribution in [0.1, 0.15) is 17.5 Å². The van der Waals surface area contributed by atoms with Gasteiger partial charge in [0.15, 0.2) is 0 Å². The van der Waals surface area contributed by atoms with Gasteiger partial charge in [0.2, 0.25) is 15.7 Å². The average molecular weight is 397 g/mol. The van der Waals surface area contributed by atoms with Crippen LogP contribution in [0.5, 0.6) is 0 Å². The Morgan fingerprint density at radius 2 is 1.85 bits per heavy atom. The lowest BCUT2D eigenvalue weighted by molar-refractivity contribution is -0.113. The first-order valence-corrected chi connectivity index (χ1v) is 10.6. The first-order valence-electron chi connectivity index (χ1n) is 8.03. The summed E-state index contributed by atoms with van der Waals surface area (Å²) in [5, 5.41) is 2.42. The highest BCUT2D eigenvalue weighted by molar-refractivity contribution is 8.00. The van der Waals surface area contributed by atoms with E-state index >= 15 is 0 Å². The van der Waals surface area contributed by atoms with Crippen LogP contribution in [-0.4, -0.2) is 25.8 Å². The molecule has 0 atom stereocenters. The van der Waals surface area contributed by atoms with Crippen LogP contribution in [0.3, 0.4) is 0 Å². The van der Waals surface area contributed by atoms with Gasteiger partial charge in [-0.25, -0.2) is 8.42 Å². The Kier molecular flexibility index (Phi) is 5.62. The van der Waals surface area contributed by atoms with Crippen LogP contribution in [0.25, 0.3) is 0 Å². The van der Waals surface area contributed by atoms with Crippen molar-refractivity contribution in [1.29, 1.82) is 0 Å². The number of fused-ring (bicyclic) bond motifs is 1. The van der Waals surface area contributed by atoms with Crippen molar-refractivity contribution in [2.75, 3.05) is 11.1 Å². The van der Waals surface area contributed by atoms with Gasteiger partial charge in [-0.3, -0.25) is 4.79 Å². The van der Waals surface area contributed by atoms with Crippen LogP contribution in [0, 0.1) is 0 Å². The molecule has 8 heteroatoms. The number of halogens is 2. The van der Waals surface area contributed by atoms with E-state index in [9.17, 15) is 22.0 Å². The van der Waals surface area contributed by atoms with E-state index in [4.69, 9.17) is 0 Å². The highest BCUT2D eigenvalue weighted by Crippen LogP contribution is 2.29. The number of sulfone groups is 1. The Morgan fingerprint density at radius 1 is 1.12 bits per heavy atom. The third-order valence-electron chi connectivity index (χ3n) is 4.14. The summed E-state index contributed by atoms with van der Waals surface area (Å²) in [6.07, 6.45) is 3.25. The lowest BCUT2D eigenvalue weighted by atomic mass is 10.1. The van der Waals surface area contributed by atoms with Crippen LogP contribution in [0.4, 0.5) is 14.5 Å². The Balaban J connectivity index is 1.67. The summed E-state index contributed by atoms with van der Waals surface area (Å²) in [4.78, 5) is 12.5. The molecule has 2 aromatic rings. The highest BCUT2D eigenvalue weighted by Gasteiger charge is 2.29. The number of aryl methyl sites for hydroxylation is 2. The molecule has 0 spiro atoms. The highest BCUT2D eigenvalue weighted by atomic mass is 32.2. The molecule has 4 nitrogen and oxygen atoms in total. The lowest BCUT2D eigenvalue weighted by Gasteiger charge is -2.11. The van der Waals surface area contributed by atoms with E-state index in [1.165, 1.54) is 41.1 Å². The van der Waals surface area contributed by atoms with Gasteiger partial charge in [-0.05, 0) is 54.7 Å². The normalized spacial score (nSPS) is 13.7. The number of anilines is 1. The largest absolute Gasteiger partial charge is 0.341 e. The molecule has 1 N–H and O–H groups in total. The molecule has 0 fully saturated rings. The van der Waals surface area contributed by atoms with Crippen molar-refractivity contribution in [2.45, 2.75) is 34.8 Å². The van der Waals surface area contributed by atoms with E-state index in [1.807, 2.05) is 6.07 Å². The Labute approximate surface area is 154 Å². The number of alkyl halides is 2. The van der Waals surface area contributed by atoms with Gasteiger partial charge in [0.05, 0.1) is 16.3 Å². The minimum Gasteiger partial charge on any atom is -0.324 e. The predicted molar refractivity (Wildman–Crippen MR) is 97.5 cm³/mol. The van der Waals surface area contributed by atoms with Crippen LogP contribution >= 0.6 is 11.8 Å². The van der Waals surface area contributed by atoms with Gasteiger partial charge in [0.25, 0.3) is 0 Å². The number of amides is 1. The zero-order chi connectivity index (χ0) is 18.7. The van der Waals surface area contributed by atoms with Gasteiger partial charge in [-0.1, -0.05) is 18.2 Å². The molecule has 1 amide bonds. The van der Waals surface area contributed by atoms with Gasteiger partial charge in [-0.15, -0.1) is 11.8 Å². The number of carbonyl (C=O) groups is 1. The number of nitrogens with one attached hydrogen (secondary N) is 1. The summed E-state index contributed by atoms with van der Waals surface area (Å²) in [6.45, 7) is 0. The molecule has 3 rings (SSSR count). The first kappa shape index (κ1) is 18.8. The maximum absolute atomic E-state index is 12.8. The molecule has 0 aromatic heterocycles. The Bertz CT molecular complexity index is 930. The molecule has 1 aliphatic carbocycles. The monoisotopic (exact) mass is 397 g/mol. The molecule has 26 heavy (non-hydrogen) atoms. The van der Waals surface area contributed by atoms with Crippen molar-refractivity contribution < 1.29 is 22.0 Å². The molecule has 0 bridgehead atoms. The zero-order valence-electron chi connectivity index (χ0n) is 13.7. The smallest absolute Gasteiger partial charge is 0.324 e. The third kappa shape index (κ3) is 4.07. The van der Waals surface area contributed by atoms with Crippen molar-refractivity contribution in [3.8, 4) is 0 Å². The fourth-order valence-electron chi connectivity index (χ4n) is 2.89. The van der Waals surface area contributed by atoms with Gasteiger partial charge >= 0.3 is 5.76 Å². The SMILES string of the molecule is O=C(CSc1ccc2c(c1)CCC2)Nc1ccccc1S(=O)(=O)C(F)F. The van der Waals surface area contributed by atoms with E-state index in [0.717, 1.165) is 30.2 Å². The average Bonchev–Trinajstić information content (AvgIpc) is 3.08. The van der Waals surface area contributed by atoms with Gasteiger partial charge < -0.3 is 5.32 Å². The maximum atomic E-state index is 12.8. The number of rotatable bonds is 6. The molecule has 2 aromatic carbocycles. The second-order valence-electron chi connectivity index (χ2n) is 5.92. The minimum atomic E-state index is -4.78.